The van der Waals surface area contributed by atoms with Crippen LogP contribution in [0.25, 0.3) is 15.9 Å². The fourth-order valence-electron chi connectivity index (χ4n) is 3.11. The molecule has 0 saturated heterocycles. The van der Waals surface area contributed by atoms with Gasteiger partial charge in [-0.15, -0.1) is 0 Å². The van der Waals surface area contributed by atoms with Crippen LogP contribution in [0.4, 0.5) is 5.13 Å². The van der Waals surface area contributed by atoms with Gasteiger partial charge in [-0.25, -0.2) is 9.97 Å². The highest BCUT2D eigenvalue weighted by Gasteiger charge is 2.26. The highest BCUT2D eigenvalue weighted by molar-refractivity contribution is 7.22. The Labute approximate surface area is 159 Å². The minimum absolute atomic E-state index is 0.216. The van der Waals surface area contributed by atoms with Gasteiger partial charge >= 0.3 is 0 Å². The SMILES string of the molecule is Cc1cc(=O)n2c(cc(C(=O)Nc3nc4ccccc4s3)n2C(C)(C)C)n1. The first-order valence-electron chi connectivity index (χ1n) is 8.54. The molecule has 0 spiro atoms. The number of carbonyl (C=O) groups excluding carboxylic acids is 1. The van der Waals surface area contributed by atoms with Gasteiger partial charge in [0.05, 0.1) is 15.8 Å². The van der Waals surface area contributed by atoms with E-state index < -0.39 is 5.54 Å². The molecular formula is C19H19N5O2S. The Kier molecular flexibility index (Phi) is 3.88. The maximum Gasteiger partial charge on any atom is 0.275 e. The Bertz CT molecular complexity index is 1210. The lowest BCUT2D eigenvalue weighted by molar-refractivity contribution is 0.100. The molecule has 0 aliphatic carbocycles. The molecule has 0 aliphatic rings. The molecule has 4 rings (SSSR count). The lowest BCUT2D eigenvalue weighted by Gasteiger charge is -2.24. The number of nitrogens with one attached hydrogen (secondary N) is 1. The number of nitrogens with zero attached hydrogens (tertiary/aromatic N) is 4. The number of amides is 1. The van der Waals surface area contributed by atoms with Gasteiger partial charge in [-0.2, -0.15) is 4.52 Å². The van der Waals surface area contributed by atoms with Crippen molar-refractivity contribution >= 4 is 38.2 Å². The van der Waals surface area contributed by atoms with Crippen molar-refractivity contribution in [1.82, 2.24) is 19.2 Å². The molecule has 0 aliphatic heterocycles. The number of carbonyl (C=O) groups is 1. The number of anilines is 1. The topological polar surface area (TPSA) is 81.3 Å². The van der Waals surface area contributed by atoms with Crippen LogP contribution < -0.4 is 10.9 Å². The molecule has 1 aromatic carbocycles. The summed E-state index contributed by atoms with van der Waals surface area (Å²) in [7, 11) is 0. The predicted octanol–water partition coefficient (Wildman–Crippen LogP) is 3.42. The number of fused-ring (bicyclic) bond motifs is 2. The number of thiazole rings is 1. The molecule has 138 valence electrons. The Balaban J connectivity index is 1.83. The van der Waals surface area contributed by atoms with Crippen molar-refractivity contribution < 1.29 is 4.79 Å². The van der Waals surface area contributed by atoms with Gasteiger partial charge in [-0.3, -0.25) is 19.6 Å². The van der Waals surface area contributed by atoms with Crippen LogP contribution in [0.1, 0.15) is 37.0 Å². The van der Waals surface area contributed by atoms with Crippen molar-refractivity contribution in [1.29, 1.82) is 0 Å². The van der Waals surface area contributed by atoms with Crippen LogP contribution >= 0.6 is 11.3 Å². The molecule has 8 heteroatoms. The lowest BCUT2D eigenvalue weighted by Crippen LogP contribution is -2.35. The molecule has 0 saturated carbocycles. The first-order valence-corrected chi connectivity index (χ1v) is 9.35. The average Bonchev–Trinajstić information content (AvgIpc) is 3.14. The normalized spacial score (nSPS) is 12.0. The number of rotatable bonds is 2. The maximum absolute atomic E-state index is 13.0. The number of benzene rings is 1. The minimum atomic E-state index is -0.497. The fraction of sp³-hybridized carbons (Fsp3) is 0.263. The second-order valence-corrected chi connectivity index (χ2v) is 8.39. The molecule has 1 amide bonds. The molecule has 0 radical (unpaired) electrons. The molecule has 1 N–H and O–H groups in total. The van der Waals surface area contributed by atoms with Gasteiger partial charge in [-0.05, 0) is 39.8 Å². The third-order valence-electron chi connectivity index (χ3n) is 4.13. The van der Waals surface area contributed by atoms with E-state index in [1.807, 2.05) is 45.0 Å². The summed E-state index contributed by atoms with van der Waals surface area (Å²) >= 11 is 1.41. The third-order valence-corrected chi connectivity index (χ3v) is 5.08. The van der Waals surface area contributed by atoms with Crippen LogP contribution in [-0.2, 0) is 5.54 Å². The molecule has 0 fully saturated rings. The second-order valence-electron chi connectivity index (χ2n) is 7.36. The van der Waals surface area contributed by atoms with E-state index in [1.165, 1.54) is 21.9 Å². The second kappa shape index (κ2) is 6.02. The van der Waals surface area contributed by atoms with E-state index in [0.717, 1.165) is 10.2 Å². The number of para-hydroxylation sites is 1. The summed E-state index contributed by atoms with van der Waals surface area (Å²) in [6.45, 7) is 7.57. The smallest absolute Gasteiger partial charge is 0.275 e. The number of aryl methyl sites for hydroxylation is 1. The van der Waals surface area contributed by atoms with E-state index in [-0.39, 0.29) is 11.5 Å². The molecule has 3 aromatic heterocycles. The van der Waals surface area contributed by atoms with E-state index in [1.54, 1.807) is 17.7 Å². The van der Waals surface area contributed by atoms with Crippen LogP contribution in [0.3, 0.4) is 0 Å². The fourth-order valence-corrected chi connectivity index (χ4v) is 3.97. The quantitative estimate of drug-likeness (QED) is 0.577. The standard InChI is InChI=1S/C19H19N5O2S/c1-11-9-16(25)23-15(20-11)10-13(24(23)19(2,3)4)17(26)22-18-21-12-7-5-6-8-14(12)27-18/h5-10H,1-4H3,(H,21,22,26). The van der Waals surface area contributed by atoms with Gasteiger partial charge in [0, 0.05) is 17.8 Å². The Morgan fingerprint density at radius 2 is 1.89 bits per heavy atom. The van der Waals surface area contributed by atoms with Crippen molar-refractivity contribution in [2.75, 3.05) is 5.32 Å². The molecular weight excluding hydrogens is 362 g/mol. The first-order chi connectivity index (χ1) is 12.7. The highest BCUT2D eigenvalue weighted by Crippen LogP contribution is 2.26. The van der Waals surface area contributed by atoms with Gasteiger partial charge in [0.15, 0.2) is 10.8 Å². The minimum Gasteiger partial charge on any atom is -0.296 e. The van der Waals surface area contributed by atoms with Gasteiger partial charge in [-0.1, -0.05) is 23.5 Å². The van der Waals surface area contributed by atoms with Crippen molar-refractivity contribution in [3.05, 3.63) is 58.1 Å². The zero-order chi connectivity index (χ0) is 19.3. The molecule has 0 unspecified atom stereocenters. The van der Waals surface area contributed by atoms with E-state index in [4.69, 9.17) is 0 Å². The van der Waals surface area contributed by atoms with E-state index >= 15 is 0 Å². The zero-order valence-electron chi connectivity index (χ0n) is 15.5. The van der Waals surface area contributed by atoms with Crippen LogP contribution in [0.15, 0.2) is 41.2 Å². The monoisotopic (exact) mass is 381 g/mol. The molecule has 27 heavy (non-hydrogen) atoms. The largest absolute Gasteiger partial charge is 0.296 e. The third kappa shape index (κ3) is 3.02. The van der Waals surface area contributed by atoms with Gasteiger partial charge in [0.1, 0.15) is 5.69 Å². The summed E-state index contributed by atoms with van der Waals surface area (Å²) in [5.74, 6) is -0.327. The van der Waals surface area contributed by atoms with E-state index in [0.29, 0.717) is 22.2 Å². The summed E-state index contributed by atoms with van der Waals surface area (Å²) in [6, 6.07) is 10.8. The van der Waals surface area contributed by atoms with Crippen molar-refractivity contribution in [3.63, 3.8) is 0 Å². The zero-order valence-corrected chi connectivity index (χ0v) is 16.3. The molecule has 4 aromatic rings. The summed E-state index contributed by atoms with van der Waals surface area (Å²) in [5.41, 5.74) is 1.54. The Hall–Kier alpha value is -3.00. The summed E-state index contributed by atoms with van der Waals surface area (Å²) in [6.07, 6.45) is 0. The predicted molar refractivity (Wildman–Crippen MR) is 107 cm³/mol. The van der Waals surface area contributed by atoms with Crippen LogP contribution in [0.5, 0.6) is 0 Å². The van der Waals surface area contributed by atoms with Crippen molar-refractivity contribution in [3.8, 4) is 0 Å². The van der Waals surface area contributed by atoms with Crippen LogP contribution in [0.2, 0.25) is 0 Å². The first kappa shape index (κ1) is 17.4. The van der Waals surface area contributed by atoms with Gasteiger partial charge in [0.2, 0.25) is 0 Å². The summed E-state index contributed by atoms with van der Waals surface area (Å²) < 4.78 is 4.12. The average molecular weight is 381 g/mol. The van der Waals surface area contributed by atoms with Gasteiger partial charge < -0.3 is 0 Å². The lowest BCUT2D eigenvalue weighted by atomic mass is 10.1. The Morgan fingerprint density at radius 1 is 1.15 bits per heavy atom. The van der Waals surface area contributed by atoms with Crippen molar-refractivity contribution in [2.45, 2.75) is 33.2 Å². The molecule has 0 atom stereocenters. The van der Waals surface area contributed by atoms with Gasteiger partial charge in [0.25, 0.3) is 11.5 Å². The Morgan fingerprint density at radius 3 is 2.59 bits per heavy atom. The number of aromatic nitrogens is 4. The molecule has 0 bridgehead atoms. The summed E-state index contributed by atoms with van der Waals surface area (Å²) in [5, 5.41) is 3.38. The summed E-state index contributed by atoms with van der Waals surface area (Å²) in [4.78, 5) is 34.4. The number of hydrogen-bond donors (Lipinski definition) is 1. The van der Waals surface area contributed by atoms with Crippen molar-refractivity contribution in [2.24, 2.45) is 0 Å². The molecule has 7 nitrogen and oxygen atoms in total. The number of hydrogen-bond acceptors (Lipinski definition) is 5. The van der Waals surface area contributed by atoms with Crippen LogP contribution in [0, 0.1) is 6.92 Å². The maximum atomic E-state index is 13.0. The van der Waals surface area contributed by atoms with E-state index in [9.17, 15) is 9.59 Å². The van der Waals surface area contributed by atoms with E-state index in [2.05, 4.69) is 15.3 Å². The highest BCUT2D eigenvalue weighted by atomic mass is 32.1. The van der Waals surface area contributed by atoms with Crippen LogP contribution in [-0.4, -0.2) is 25.1 Å². The molecule has 3 heterocycles.